The van der Waals surface area contributed by atoms with Crippen molar-refractivity contribution in [3.05, 3.63) is 69.6 Å². The largest absolute Gasteiger partial charge is 0.351 e. The van der Waals surface area contributed by atoms with Crippen molar-refractivity contribution in [2.45, 2.75) is 13.3 Å². The lowest BCUT2D eigenvalue weighted by molar-refractivity contribution is -0.116. The van der Waals surface area contributed by atoms with Gasteiger partial charge in [0.1, 0.15) is 9.88 Å². The van der Waals surface area contributed by atoms with Crippen molar-refractivity contribution >= 4 is 44.8 Å². The summed E-state index contributed by atoms with van der Waals surface area (Å²) in [6.45, 7) is 2.19. The third-order valence-corrected chi connectivity index (χ3v) is 5.40. The SMILES string of the molecule is Cc1ccc(Br)cc1NC(=O)CCNC(=O)c1cnc(-c2ccccc2)s1. The summed E-state index contributed by atoms with van der Waals surface area (Å²) in [5.41, 5.74) is 2.72. The van der Waals surface area contributed by atoms with E-state index in [1.807, 2.05) is 55.5 Å². The first kappa shape index (κ1) is 19.3. The van der Waals surface area contributed by atoms with E-state index in [-0.39, 0.29) is 24.8 Å². The maximum atomic E-state index is 12.2. The van der Waals surface area contributed by atoms with Gasteiger partial charge in [-0.3, -0.25) is 9.59 Å². The summed E-state index contributed by atoms with van der Waals surface area (Å²) in [5, 5.41) is 6.42. The van der Waals surface area contributed by atoms with Gasteiger partial charge in [-0.05, 0) is 24.6 Å². The van der Waals surface area contributed by atoms with E-state index in [4.69, 9.17) is 0 Å². The molecule has 5 nitrogen and oxygen atoms in total. The summed E-state index contributed by atoms with van der Waals surface area (Å²) in [4.78, 5) is 29.2. The fourth-order valence-electron chi connectivity index (χ4n) is 2.41. The van der Waals surface area contributed by atoms with E-state index in [1.54, 1.807) is 6.20 Å². The van der Waals surface area contributed by atoms with Crippen LogP contribution in [0.3, 0.4) is 0 Å². The van der Waals surface area contributed by atoms with Gasteiger partial charge in [0, 0.05) is 28.7 Å². The number of hydrogen-bond donors (Lipinski definition) is 2. The highest BCUT2D eigenvalue weighted by molar-refractivity contribution is 9.10. The third kappa shape index (κ3) is 5.24. The van der Waals surface area contributed by atoms with Crippen LogP contribution in [0.25, 0.3) is 10.6 Å². The highest BCUT2D eigenvalue weighted by atomic mass is 79.9. The number of rotatable bonds is 6. The van der Waals surface area contributed by atoms with E-state index >= 15 is 0 Å². The molecule has 0 fully saturated rings. The predicted molar refractivity (Wildman–Crippen MR) is 112 cm³/mol. The molecule has 2 aromatic carbocycles. The highest BCUT2D eigenvalue weighted by Crippen LogP contribution is 2.24. The fourth-order valence-corrected chi connectivity index (χ4v) is 3.61. The molecule has 0 unspecified atom stereocenters. The molecule has 2 N–H and O–H groups in total. The number of aryl methyl sites for hydroxylation is 1. The van der Waals surface area contributed by atoms with Crippen molar-refractivity contribution < 1.29 is 9.59 Å². The Balaban J connectivity index is 1.50. The zero-order valence-electron chi connectivity index (χ0n) is 14.7. The Labute approximate surface area is 170 Å². The first-order valence-corrected chi connectivity index (χ1v) is 9.99. The summed E-state index contributed by atoms with van der Waals surface area (Å²) >= 11 is 4.72. The maximum absolute atomic E-state index is 12.2. The van der Waals surface area contributed by atoms with Crippen LogP contribution in [0.1, 0.15) is 21.7 Å². The summed E-state index contributed by atoms with van der Waals surface area (Å²) in [6, 6.07) is 15.4. The standard InChI is InChI=1S/C20H18BrN3O2S/c1-13-7-8-15(21)11-16(13)24-18(25)9-10-22-19(26)17-12-23-20(27-17)14-5-3-2-4-6-14/h2-8,11-12H,9-10H2,1H3,(H,22,26)(H,24,25). The van der Waals surface area contributed by atoms with Crippen molar-refractivity contribution in [3.63, 3.8) is 0 Å². The monoisotopic (exact) mass is 443 g/mol. The first-order chi connectivity index (χ1) is 13.0. The second kappa shape index (κ2) is 8.92. The summed E-state index contributed by atoms with van der Waals surface area (Å²) in [7, 11) is 0. The van der Waals surface area contributed by atoms with Gasteiger partial charge in [0.25, 0.3) is 5.91 Å². The molecule has 0 aliphatic carbocycles. The van der Waals surface area contributed by atoms with Gasteiger partial charge < -0.3 is 10.6 Å². The van der Waals surface area contributed by atoms with Gasteiger partial charge in [0.2, 0.25) is 5.91 Å². The lowest BCUT2D eigenvalue weighted by Crippen LogP contribution is -2.27. The number of carbonyl (C=O) groups is 2. The summed E-state index contributed by atoms with van der Waals surface area (Å²) < 4.78 is 0.899. The van der Waals surface area contributed by atoms with E-state index in [0.29, 0.717) is 4.88 Å². The quantitative estimate of drug-likeness (QED) is 0.582. The molecule has 3 rings (SSSR count). The van der Waals surface area contributed by atoms with E-state index in [2.05, 4.69) is 31.5 Å². The third-order valence-electron chi connectivity index (χ3n) is 3.86. The van der Waals surface area contributed by atoms with Crippen LogP contribution in [0, 0.1) is 6.92 Å². The van der Waals surface area contributed by atoms with E-state index in [9.17, 15) is 9.59 Å². The first-order valence-electron chi connectivity index (χ1n) is 8.38. The lowest BCUT2D eigenvalue weighted by atomic mass is 10.2. The molecule has 0 spiro atoms. The average molecular weight is 444 g/mol. The molecule has 0 aliphatic heterocycles. The van der Waals surface area contributed by atoms with Crippen molar-refractivity contribution in [3.8, 4) is 10.6 Å². The van der Waals surface area contributed by atoms with Crippen molar-refractivity contribution in [2.75, 3.05) is 11.9 Å². The molecule has 2 amide bonds. The number of halogens is 1. The number of benzene rings is 2. The van der Waals surface area contributed by atoms with Gasteiger partial charge in [-0.15, -0.1) is 11.3 Å². The molecular formula is C20H18BrN3O2S. The molecule has 0 saturated heterocycles. The predicted octanol–water partition coefficient (Wildman–Crippen LogP) is 4.64. The Kier molecular flexibility index (Phi) is 6.36. The van der Waals surface area contributed by atoms with Crippen molar-refractivity contribution in [1.82, 2.24) is 10.3 Å². The van der Waals surface area contributed by atoms with Crippen LogP contribution in [0.5, 0.6) is 0 Å². The van der Waals surface area contributed by atoms with Gasteiger partial charge in [0.15, 0.2) is 0 Å². The Morgan fingerprint density at radius 1 is 1.15 bits per heavy atom. The highest BCUT2D eigenvalue weighted by Gasteiger charge is 2.12. The lowest BCUT2D eigenvalue weighted by Gasteiger charge is -2.09. The molecule has 1 heterocycles. The zero-order valence-corrected chi connectivity index (χ0v) is 17.1. The second-order valence-corrected chi connectivity index (χ2v) is 7.86. The Bertz CT molecular complexity index is 957. The zero-order chi connectivity index (χ0) is 19.2. The summed E-state index contributed by atoms with van der Waals surface area (Å²) in [6.07, 6.45) is 1.76. The van der Waals surface area contributed by atoms with Crippen LogP contribution in [0.15, 0.2) is 59.2 Å². The minimum Gasteiger partial charge on any atom is -0.351 e. The van der Waals surface area contributed by atoms with E-state index < -0.39 is 0 Å². The second-order valence-electron chi connectivity index (χ2n) is 5.91. The molecule has 1 aromatic heterocycles. The number of nitrogens with one attached hydrogen (secondary N) is 2. The van der Waals surface area contributed by atoms with E-state index in [0.717, 1.165) is 26.3 Å². The van der Waals surface area contributed by atoms with Crippen LogP contribution in [-0.4, -0.2) is 23.3 Å². The van der Waals surface area contributed by atoms with Gasteiger partial charge >= 0.3 is 0 Å². The molecule has 3 aromatic rings. The molecule has 7 heteroatoms. The number of aromatic nitrogens is 1. The van der Waals surface area contributed by atoms with Crippen LogP contribution in [0.4, 0.5) is 5.69 Å². The number of thiazole rings is 1. The molecular weight excluding hydrogens is 426 g/mol. The number of hydrogen-bond acceptors (Lipinski definition) is 4. The molecule has 0 aliphatic rings. The van der Waals surface area contributed by atoms with Crippen LogP contribution < -0.4 is 10.6 Å². The van der Waals surface area contributed by atoms with Crippen molar-refractivity contribution in [1.29, 1.82) is 0 Å². The maximum Gasteiger partial charge on any atom is 0.263 e. The molecule has 27 heavy (non-hydrogen) atoms. The Hall–Kier alpha value is -2.51. The molecule has 0 radical (unpaired) electrons. The molecule has 0 saturated carbocycles. The van der Waals surface area contributed by atoms with Gasteiger partial charge in [-0.1, -0.05) is 52.3 Å². The smallest absolute Gasteiger partial charge is 0.263 e. The van der Waals surface area contributed by atoms with Crippen molar-refractivity contribution in [2.24, 2.45) is 0 Å². The van der Waals surface area contributed by atoms with Gasteiger partial charge in [-0.2, -0.15) is 0 Å². The fraction of sp³-hybridized carbons (Fsp3) is 0.150. The number of anilines is 1. The van der Waals surface area contributed by atoms with E-state index in [1.165, 1.54) is 11.3 Å². The molecule has 0 bridgehead atoms. The average Bonchev–Trinajstić information content (AvgIpc) is 3.16. The number of amides is 2. The number of carbonyl (C=O) groups excluding carboxylic acids is 2. The molecule has 138 valence electrons. The van der Waals surface area contributed by atoms with Gasteiger partial charge in [-0.25, -0.2) is 4.98 Å². The Morgan fingerprint density at radius 3 is 2.70 bits per heavy atom. The minimum atomic E-state index is -0.221. The van der Waals surface area contributed by atoms with Crippen LogP contribution in [-0.2, 0) is 4.79 Å². The van der Waals surface area contributed by atoms with Gasteiger partial charge in [0.05, 0.1) is 6.20 Å². The normalized spacial score (nSPS) is 10.4. The topological polar surface area (TPSA) is 71.1 Å². The Morgan fingerprint density at radius 2 is 1.93 bits per heavy atom. The summed E-state index contributed by atoms with van der Waals surface area (Å²) in [5.74, 6) is -0.369. The minimum absolute atomic E-state index is 0.147. The molecule has 0 atom stereocenters. The number of nitrogens with zero attached hydrogens (tertiary/aromatic N) is 1. The van der Waals surface area contributed by atoms with Crippen LogP contribution in [0.2, 0.25) is 0 Å². The van der Waals surface area contributed by atoms with Crippen LogP contribution >= 0.6 is 27.3 Å².